The molecule has 7 heteroatoms. The zero-order valence-electron chi connectivity index (χ0n) is 15.0. The van der Waals surface area contributed by atoms with Gasteiger partial charge in [0.1, 0.15) is 10.6 Å². The van der Waals surface area contributed by atoms with E-state index in [0.29, 0.717) is 23.7 Å². The zero-order valence-corrected chi connectivity index (χ0v) is 15.9. The van der Waals surface area contributed by atoms with Gasteiger partial charge in [-0.3, -0.25) is 14.6 Å². The van der Waals surface area contributed by atoms with Crippen LogP contribution in [0.5, 0.6) is 0 Å². The molecule has 2 amide bonds. The highest BCUT2D eigenvalue weighted by Gasteiger charge is 2.23. The molecule has 0 unspecified atom stereocenters. The molecule has 2 aromatic heterocycles. The second-order valence-corrected chi connectivity index (χ2v) is 7.22. The van der Waals surface area contributed by atoms with Gasteiger partial charge in [-0.15, -0.1) is 11.3 Å². The van der Waals surface area contributed by atoms with Gasteiger partial charge in [-0.2, -0.15) is 0 Å². The summed E-state index contributed by atoms with van der Waals surface area (Å²) in [4.78, 5) is 35.5. The molecule has 1 aliphatic heterocycles. The van der Waals surface area contributed by atoms with E-state index in [0.717, 1.165) is 6.42 Å². The van der Waals surface area contributed by atoms with Crippen molar-refractivity contribution >= 4 is 34.4 Å². The average Bonchev–Trinajstić information content (AvgIpc) is 3.22. The third-order valence-corrected chi connectivity index (χ3v) is 5.45. The molecular formula is C21H18N4O2S. The van der Waals surface area contributed by atoms with Crippen molar-refractivity contribution in [3.63, 3.8) is 0 Å². The standard InChI is InChI=1S/C21H18N4O2S/c26-20(18-14-22-9-10-23-18)24-17-8-13-28-19(17)21(27)25-11-6-16(7-12-25)15-4-2-1-3-5-15/h1-6,8-10,13-14H,7,11-12H2,(H,24,26). The summed E-state index contributed by atoms with van der Waals surface area (Å²) in [6.45, 7) is 1.20. The van der Waals surface area contributed by atoms with Gasteiger partial charge < -0.3 is 10.2 Å². The molecule has 0 radical (unpaired) electrons. The van der Waals surface area contributed by atoms with Crippen LogP contribution in [0.1, 0.15) is 32.1 Å². The molecule has 0 spiro atoms. The van der Waals surface area contributed by atoms with E-state index in [-0.39, 0.29) is 17.5 Å². The monoisotopic (exact) mass is 390 g/mol. The summed E-state index contributed by atoms with van der Waals surface area (Å²) in [5.41, 5.74) is 3.17. The lowest BCUT2D eigenvalue weighted by molar-refractivity contribution is 0.0778. The van der Waals surface area contributed by atoms with E-state index in [2.05, 4.69) is 33.5 Å². The first-order valence-corrected chi connectivity index (χ1v) is 9.79. The Bertz CT molecular complexity index is 1020. The van der Waals surface area contributed by atoms with Crippen LogP contribution in [0.4, 0.5) is 5.69 Å². The van der Waals surface area contributed by atoms with Gasteiger partial charge in [-0.05, 0) is 29.0 Å². The summed E-state index contributed by atoms with van der Waals surface area (Å²) in [6, 6.07) is 11.9. The lowest BCUT2D eigenvalue weighted by atomic mass is 9.99. The number of aromatic nitrogens is 2. The first-order chi connectivity index (χ1) is 13.7. The first-order valence-electron chi connectivity index (χ1n) is 8.91. The highest BCUT2D eigenvalue weighted by Crippen LogP contribution is 2.27. The fourth-order valence-electron chi connectivity index (χ4n) is 3.09. The Balaban J connectivity index is 1.46. The van der Waals surface area contributed by atoms with Crippen LogP contribution in [-0.2, 0) is 0 Å². The number of nitrogens with zero attached hydrogens (tertiary/aromatic N) is 3. The number of carbonyl (C=O) groups excluding carboxylic acids is 2. The molecule has 1 aliphatic rings. The van der Waals surface area contributed by atoms with Crippen LogP contribution >= 0.6 is 11.3 Å². The molecule has 1 aromatic carbocycles. The van der Waals surface area contributed by atoms with E-state index in [4.69, 9.17) is 0 Å². The smallest absolute Gasteiger partial charge is 0.275 e. The number of carbonyl (C=O) groups is 2. The van der Waals surface area contributed by atoms with Crippen molar-refractivity contribution in [1.82, 2.24) is 14.9 Å². The molecule has 6 nitrogen and oxygen atoms in total. The average molecular weight is 390 g/mol. The van der Waals surface area contributed by atoms with Gasteiger partial charge in [0, 0.05) is 25.5 Å². The van der Waals surface area contributed by atoms with Crippen molar-refractivity contribution in [3.05, 3.63) is 82.6 Å². The van der Waals surface area contributed by atoms with Crippen LogP contribution in [0, 0.1) is 0 Å². The number of hydrogen-bond acceptors (Lipinski definition) is 5. The van der Waals surface area contributed by atoms with Gasteiger partial charge in [0.2, 0.25) is 0 Å². The number of benzene rings is 1. The highest BCUT2D eigenvalue weighted by molar-refractivity contribution is 7.12. The molecule has 1 N–H and O–H groups in total. The molecule has 0 fully saturated rings. The normalized spacial score (nSPS) is 13.7. The van der Waals surface area contributed by atoms with Crippen LogP contribution in [0.15, 0.2) is 66.4 Å². The molecule has 3 aromatic rings. The van der Waals surface area contributed by atoms with E-state index in [9.17, 15) is 9.59 Å². The van der Waals surface area contributed by atoms with Gasteiger partial charge in [-0.1, -0.05) is 36.4 Å². The third-order valence-electron chi connectivity index (χ3n) is 4.54. The summed E-state index contributed by atoms with van der Waals surface area (Å²) in [6.07, 6.45) is 7.26. The predicted molar refractivity (Wildman–Crippen MR) is 109 cm³/mol. The Morgan fingerprint density at radius 1 is 1.11 bits per heavy atom. The summed E-state index contributed by atoms with van der Waals surface area (Å²) in [5.74, 6) is -0.460. The number of rotatable bonds is 4. The molecule has 0 saturated carbocycles. The molecule has 3 heterocycles. The summed E-state index contributed by atoms with van der Waals surface area (Å²) in [5, 5.41) is 4.57. The molecule has 28 heavy (non-hydrogen) atoms. The van der Waals surface area contributed by atoms with Crippen LogP contribution < -0.4 is 5.32 Å². The Hall–Kier alpha value is -3.32. The Kier molecular flexibility index (Phi) is 5.25. The Morgan fingerprint density at radius 2 is 1.96 bits per heavy atom. The fraction of sp³-hybridized carbons (Fsp3) is 0.143. The van der Waals surface area contributed by atoms with Crippen molar-refractivity contribution < 1.29 is 9.59 Å². The third kappa shape index (κ3) is 3.84. The molecule has 0 saturated heterocycles. The van der Waals surface area contributed by atoms with Crippen LogP contribution in [0.3, 0.4) is 0 Å². The molecule has 4 rings (SSSR count). The summed E-state index contributed by atoms with van der Waals surface area (Å²) in [7, 11) is 0. The van der Waals surface area contributed by atoms with Crippen molar-refractivity contribution in [2.75, 3.05) is 18.4 Å². The number of thiophene rings is 1. The number of anilines is 1. The zero-order chi connectivity index (χ0) is 19.3. The van der Waals surface area contributed by atoms with E-state index < -0.39 is 0 Å². The topological polar surface area (TPSA) is 75.2 Å². The lowest BCUT2D eigenvalue weighted by Crippen LogP contribution is -2.34. The highest BCUT2D eigenvalue weighted by atomic mass is 32.1. The van der Waals surface area contributed by atoms with Crippen LogP contribution in [0.2, 0.25) is 0 Å². The SMILES string of the molecule is O=C(Nc1ccsc1C(=O)N1CC=C(c2ccccc2)CC1)c1cnccn1. The lowest BCUT2D eigenvalue weighted by Gasteiger charge is -2.26. The van der Waals surface area contributed by atoms with Crippen molar-refractivity contribution in [1.29, 1.82) is 0 Å². The minimum atomic E-state index is -0.384. The van der Waals surface area contributed by atoms with Crippen LogP contribution in [0.25, 0.3) is 5.57 Å². The molecule has 0 atom stereocenters. The Morgan fingerprint density at radius 3 is 2.68 bits per heavy atom. The maximum atomic E-state index is 13.0. The maximum absolute atomic E-state index is 13.0. The van der Waals surface area contributed by atoms with Gasteiger partial charge in [0.05, 0.1) is 11.9 Å². The van der Waals surface area contributed by atoms with Crippen molar-refractivity contribution in [2.45, 2.75) is 6.42 Å². The number of hydrogen-bond donors (Lipinski definition) is 1. The quantitative estimate of drug-likeness (QED) is 0.737. The molecular weight excluding hydrogens is 372 g/mol. The van der Waals surface area contributed by atoms with Crippen molar-refractivity contribution in [2.24, 2.45) is 0 Å². The Labute approximate surface area is 166 Å². The number of nitrogens with one attached hydrogen (secondary N) is 1. The van der Waals surface area contributed by atoms with E-state index >= 15 is 0 Å². The summed E-state index contributed by atoms with van der Waals surface area (Å²) < 4.78 is 0. The first kappa shape index (κ1) is 18.1. The molecule has 0 aliphatic carbocycles. The van der Waals surface area contributed by atoms with Gasteiger partial charge in [-0.25, -0.2) is 4.98 Å². The van der Waals surface area contributed by atoms with Gasteiger partial charge >= 0.3 is 0 Å². The predicted octanol–water partition coefficient (Wildman–Crippen LogP) is 3.72. The number of amides is 2. The largest absolute Gasteiger partial charge is 0.334 e. The van der Waals surface area contributed by atoms with Crippen LogP contribution in [-0.4, -0.2) is 39.8 Å². The maximum Gasteiger partial charge on any atom is 0.275 e. The molecule has 140 valence electrons. The van der Waals surface area contributed by atoms with Gasteiger partial charge in [0.25, 0.3) is 11.8 Å². The summed E-state index contributed by atoms with van der Waals surface area (Å²) >= 11 is 1.32. The fourth-order valence-corrected chi connectivity index (χ4v) is 3.90. The van der Waals surface area contributed by atoms with Gasteiger partial charge in [0.15, 0.2) is 0 Å². The molecule has 0 bridgehead atoms. The van der Waals surface area contributed by atoms with Crippen molar-refractivity contribution in [3.8, 4) is 0 Å². The minimum Gasteiger partial charge on any atom is -0.334 e. The van der Waals surface area contributed by atoms with E-state index in [1.54, 1.807) is 16.3 Å². The second-order valence-electron chi connectivity index (χ2n) is 6.30. The van der Waals surface area contributed by atoms with E-state index in [1.807, 2.05) is 18.2 Å². The van der Waals surface area contributed by atoms with E-state index in [1.165, 1.54) is 41.1 Å². The minimum absolute atomic E-state index is 0.0761. The second kappa shape index (κ2) is 8.14.